The van der Waals surface area contributed by atoms with Crippen LogP contribution in [-0.2, 0) is 20.2 Å². The molecule has 0 bridgehead atoms. The standard InChI is InChI=1S/C28H29F2N5O3S2/c1-28(2,3)26-34-23(24(39-26)22-10-13-31-27(33-22)32-18-11-14-38-15-12-18)17-6-4-7-19(16-17)35-40(36,37)25-20(29)8-5-9-21(25)30/h4-10,13,16,18,35H,11-12,14-15H2,1-3H3,(H,31,32,33). The maximum Gasteiger partial charge on any atom is 0.267 e. The first-order chi connectivity index (χ1) is 19.0. The number of thiazole rings is 1. The minimum absolute atomic E-state index is 0.140. The van der Waals surface area contributed by atoms with Crippen molar-refractivity contribution in [3.8, 4) is 21.8 Å². The van der Waals surface area contributed by atoms with Crippen LogP contribution in [0.3, 0.4) is 0 Å². The summed E-state index contributed by atoms with van der Waals surface area (Å²) >= 11 is 1.50. The fraction of sp³-hybridized carbons (Fsp3) is 0.321. The molecule has 2 aromatic heterocycles. The topological polar surface area (TPSA) is 106 Å². The molecule has 1 aliphatic heterocycles. The number of aromatic nitrogens is 3. The normalized spacial score (nSPS) is 14.7. The Hall–Kier alpha value is -3.48. The second kappa shape index (κ2) is 11.2. The Morgan fingerprint density at radius 3 is 2.40 bits per heavy atom. The van der Waals surface area contributed by atoms with Crippen LogP contribution in [0.15, 0.2) is 59.6 Å². The van der Waals surface area contributed by atoms with Gasteiger partial charge in [-0.25, -0.2) is 32.2 Å². The number of hydrogen-bond acceptors (Lipinski definition) is 8. The number of nitrogens with zero attached hydrogens (tertiary/aromatic N) is 3. The highest BCUT2D eigenvalue weighted by Crippen LogP contribution is 2.41. The summed E-state index contributed by atoms with van der Waals surface area (Å²) < 4.78 is 62.0. The van der Waals surface area contributed by atoms with E-state index in [1.165, 1.54) is 17.4 Å². The van der Waals surface area contributed by atoms with Crippen LogP contribution in [-0.4, -0.2) is 42.6 Å². The van der Waals surface area contributed by atoms with Crippen LogP contribution in [0.5, 0.6) is 0 Å². The highest BCUT2D eigenvalue weighted by Gasteiger charge is 2.26. The van der Waals surface area contributed by atoms with Crippen molar-refractivity contribution < 1.29 is 21.9 Å². The molecule has 1 aliphatic rings. The fourth-order valence-electron chi connectivity index (χ4n) is 4.26. The molecule has 0 unspecified atom stereocenters. The molecular formula is C28H29F2N5O3S2. The van der Waals surface area contributed by atoms with Crippen molar-refractivity contribution in [3.05, 3.63) is 71.4 Å². The lowest BCUT2D eigenvalue weighted by Crippen LogP contribution is -2.28. The summed E-state index contributed by atoms with van der Waals surface area (Å²) in [5.74, 6) is -1.84. The number of nitrogens with one attached hydrogen (secondary N) is 2. The lowest BCUT2D eigenvalue weighted by atomic mass is 9.98. The average Bonchev–Trinajstić information content (AvgIpc) is 3.36. The Kier molecular flexibility index (Phi) is 7.85. The molecule has 40 heavy (non-hydrogen) atoms. The molecule has 0 aliphatic carbocycles. The quantitative estimate of drug-likeness (QED) is 0.265. The van der Waals surface area contributed by atoms with Crippen molar-refractivity contribution in [3.63, 3.8) is 0 Å². The van der Waals surface area contributed by atoms with Crippen LogP contribution in [0, 0.1) is 11.6 Å². The number of rotatable bonds is 7. The van der Waals surface area contributed by atoms with E-state index >= 15 is 0 Å². The van der Waals surface area contributed by atoms with Crippen molar-refractivity contribution in [2.24, 2.45) is 0 Å². The predicted molar refractivity (Wildman–Crippen MR) is 152 cm³/mol. The highest BCUT2D eigenvalue weighted by atomic mass is 32.2. The van der Waals surface area contributed by atoms with E-state index in [1.54, 1.807) is 24.4 Å². The van der Waals surface area contributed by atoms with Gasteiger partial charge in [-0.1, -0.05) is 39.0 Å². The monoisotopic (exact) mass is 585 g/mol. The van der Waals surface area contributed by atoms with Gasteiger partial charge in [0.25, 0.3) is 10.0 Å². The molecule has 0 atom stereocenters. The van der Waals surface area contributed by atoms with Gasteiger partial charge in [0.15, 0.2) is 4.90 Å². The maximum atomic E-state index is 14.2. The summed E-state index contributed by atoms with van der Waals surface area (Å²) in [4.78, 5) is 13.9. The number of hydrogen-bond donors (Lipinski definition) is 2. The van der Waals surface area contributed by atoms with Gasteiger partial charge in [0.1, 0.15) is 11.6 Å². The molecule has 0 spiro atoms. The second-order valence-corrected chi connectivity index (χ2v) is 13.1. The average molecular weight is 586 g/mol. The van der Waals surface area contributed by atoms with E-state index in [0.29, 0.717) is 36.1 Å². The Morgan fingerprint density at radius 2 is 1.70 bits per heavy atom. The Balaban J connectivity index is 1.52. The van der Waals surface area contributed by atoms with Gasteiger partial charge in [0.05, 0.1) is 21.3 Å². The molecule has 8 nitrogen and oxygen atoms in total. The third kappa shape index (κ3) is 6.13. The van der Waals surface area contributed by atoms with E-state index in [2.05, 4.69) is 35.8 Å². The number of ether oxygens (including phenoxy) is 1. The van der Waals surface area contributed by atoms with Crippen LogP contribution in [0.2, 0.25) is 0 Å². The van der Waals surface area contributed by atoms with Crippen LogP contribution in [0.4, 0.5) is 20.4 Å². The van der Waals surface area contributed by atoms with Gasteiger partial charge in [0.2, 0.25) is 5.95 Å². The Morgan fingerprint density at radius 1 is 1.00 bits per heavy atom. The van der Waals surface area contributed by atoms with Gasteiger partial charge in [-0.05, 0) is 43.2 Å². The molecule has 1 saturated heterocycles. The first-order valence-corrected chi connectivity index (χ1v) is 15.1. The van der Waals surface area contributed by atoms with Crippen LogP contribution in [0.1, 0.15) is 38.6 Å². The van der Waals surface area contributed by atoms with E-state index in [9.17, 15) is 17.2 Å². The third-order valence-electron chi connectivity index (χ3n) is 6.29. The lowest BCUT2D eigenvalue weighted by Gasteiger charge is -2.23. The predicted octanol–water partition coefficient (Wildman–Crippen LogP) is 6.23. The summed E-state index contributed by atoms with van der Waals surface area (Å²) in [6.45, 7) is 7.56. The zero-order valence-corrected chi connectivity index (χ0v) is 23.9. The molecule has 210 valence electrons. The molecule has 4 aromatic rings. The van der Waals surface area contributed by atoms with Gasteiger partial charge in [-0.2, -0.15) is 0 Å². The largest absolute Gasteiger partial charge is 0.381 e. The number of halogens is 2. The van der Waals surface area contributed by atoms with E-state index in [4.69, 9.17) is 14.7 Å². The number of benzene rings is 2. The number of sulfonamides is 1. The molecule has 0 amide bonds. The summed E-state index contributed by atoms with van der Waals surface area (Å²) in [7, 11) is -4.53. The minimum Gasteiger partial charge on any atom is -0.381 e. The lowest BCUT2D eigenvalue weighted by molar-refractivity contribution is 0.0903. The zero-order chi connectivity index (χ0) is 28.5. The molecule has 0 saturated carbocycles. The molecule has 0 radical (unpaired) electrons. The molecule has 2 N–H and O–H groups in total. The number of anilines is 2. The van der Waals surface area contributed by atoms with Crippen LogP contribution in [0.25, 0.3) is 21.8 Å². The highest BCUT2D eigenvalue weighted by molar-refractivity contribution is 7.92. The minimum atomic E-state index is -4.53. The smallest absolute Gasteiger partial charge is 0.267 e. The van der Waals surface area contributed by atoms with Gasteiger partial charge >= 0.3 is 0 Å². The third-order valence-corrected chi connectivity index (χ3v) is 9.22. The summed E-state index contributed by atoms with van der Waals surface area (Å²) in [6.07, 6.45) is 3.43. The summed E-state index contributed by atoms with van der Waals surface area (Å²) in [5, 5.41) is 4.26. The van der Waals surface area contributed by atoms with Crippen molar-refractivity contribution in [2.45, 2.75) is 50.0 Å². The van der Waals surface area contributed by atoms with Crippen molar-refractivity contribution in [1.29, 1.82) is 0 Å². The van der Waals surface area contributed by atoms with Crippen molar-refractivity contribution >= 4 is 33.0 Å². The van der Waals surface area contributed by atoms with E-state index < -0.39 is 26.6 Å². The molecule has 5 rings (SSSR count). The summed E-state index contributed by atoms with van der Waals surface area (Å²) in [5.41, 5.74) is 1.79. The Labute approximate surface area is 235 Å². The zero-order valence-electron chi connectivity index (χ0n) is 22.2. The SMILES string of the molecule is CC(C)(C)c1nc(-c2cccc(NS(=O)(=O)c3c(F)cccc3F)c2)c(-c2ccnc(NC3CCOCC3)n2)s1. The van der Waals surface area contributed by atoms with E-state index in [-0.39, 0.29) is 17.1 Å². The fourth-order valence-corrected chi connectivity index (χ4v) is 6.57. The van der Waals surface area contributed by atoms with E-state index in [0.717, 1.165) is 40.9 Å². The molecule has 1 fully saturated rings. The van der Waals surface area contributed by atoms with E-state index in [1.807, 2.05) is 6.07 Å². The van der Waals surface area contributed by atoms with Gasteiger partial charge in [0, 0.05) is 42.1 Å². The molecule has 3 heterocycles. The first-order valence-electron chi connectivity index (χ1n) is 12.8. The van der Waals surface area contributed by atoms with Gasteiger partial charge in [-0.15, -0.1) is 11.3 Å². The molecule has 12 heteroatoms. The summed E-state index contributed by atoms with van der Waals surface area (Å²) in [6, 6.07) is 11.5. The molecule has 2 aromatic carbocycles. The Bertz CT molecular complexity index is 1610. The van der Waals surface area contributed by atoms with Crippen molar-refractivity contribution in [1.82, 2.24) is 15.0 Å². The van der Waals surface area contributed by atoms with Gasteiger partial charge < -0.3 is 10.1 Å². The van der Waals surface area contributed by atoms with Crippen LogP contribution < -0.4 is 10.0 Å². The van der Waals surface area contributed by atoms with Crippen molar-refractivity contribution in [2.75, 3.05) is 23.3 Å². The second-order valence-electron chi connectivity index (χ2n) is 10.5. The first kappa shape index (κ1) is 28.1. The molecular weight excluding hydrogens is 556 g/mol. The maximum absolute atomic E-state index is 14.2. The van der Waals surface area contributed by atoms with Gasteiger partial charge in [-0.3, -0.25) is 4.72 Å². The van der Waals surface area contributed by atoms with Crippen LogP contribution >= 0.6 is 11.3 Å².